The predicted molar refractivity (Wildman–Crippen MR) is 84.8 cm³/mol. The normalized spacial score (nSPS) is 12.9. The topological polar surface area (TPSA) is 76.0 Å². The first kappa shape index (κ1) is 15.4. The van der Waals surface area contributed by atoms with Gasteiger partial charge in [-0.25, -0.2) is 8.42 Å². The quantitative estimate of drug-likeness (QED) is 0.859. The highest BCUT2D eigenvalue weighted by Gasteiger charge is 2.09. The van der Waals surface area contributed by atoms with Gasteiger partial charge in [-0.1, -0.05) is 6.07 Å². The zero-order chi connectivity index (χ0) is 15.5. The Morgan fingerprint density at radius 1 is 1.33 bits per heavy atom. The van der Waals surface area contributed by atoms with E-state index in [1.807, 2.05) is 37.0 Å². The maximum atomic E-state index is 11.2. The van der Waals surface area contributed by atoms with Gasteiger partial charge < -0.3 is 5.32 Å². The van der Waals surface area contributed by atoms with Gasteiger partial charge in [0, 0.05) is 24.0 Å². The molecule has 0 aliphatic carbocycles. The monoisotopic (exact) mass is 308 g/mol. The van der Waals surface area contributed by atoms with Crippen LogP contribution in [0.2, 0.25) is 0 Å². The lowest BCUT2D eigenvalue weighted by Crippen LogP contribution is -2.10. The largest absolute Gasteiger partial charge is 0.378 e. The summed E-state index contributed by atoms with van der Waals surface area (Å²) in [6.45, 7) is 4.91. The second kappa shape index (κ2) is 6.17. The van der Waals surface area contributed by atoms with E-state index in [2.05, 4.69) is 15.1 Å². The molecule has 2 aromatic rings. The molecule has 0 saturated carbocycles. The lowest BCUT2D eigenvalue weighted by Gasteiger charge is -2.14. The van der Waals surface area contributed by atoms with Gasteiger partial charge in [-0.3, -0.25) is 9.40 Å². The Morgan fingerprint density at radius 2 is 2.05 bits per heavy atom. The molecule has 1 heterocycles. The number of aryl methyl sites for hydroxylation is 1. The molecule has 7 heteroatoms. The molecule has 0 aliphatic heterocycles. The zero-order valence-electron chi connectivity index (χ0n) is 12.4. The van der Waals surface area contributed by atoms with Crippen LogP contribution in [0.15, 0.2) is 36.7 Å². The molecule has 114 valence electrons. The van der Waals surface area contributed by atoms with Crippen molar-refractivity contribution >= 4 is 21.4 Å². The lowest BCUT2D eigenvalue weighted by atomic mass is 10.2. The van der Waals surface area contributed by atoms with E-state index in [0.717, 1.165) is 24.1 Å². The number of benzene rings is 1. The molecule has 0 amide bonds. The number of nitrogens with one attached hydrogen (secondary N) is 2. The summed E-state index contributed by atoms with van der Waals surface area (Å²) in [5, 5.41) is 7.58. The fraction of sp³-hybridized carbons (Fsp3) is 0.357. The molecule has 1 aromatic heterocycles. The molecule has 0 bridgehead atoms. The molecule has 0 radical (unpaired) electrons. The number of aromatic nitrogens is 2. The van der Waals surface area contributed by atoms with E-state index >= 15 is 0 Å². The van der Waals surface area contributed by atoms with Crippen molar-refractivity contribution in [3.05, 3.63) is 42.2 Å². The zero-order valence-corrected chi connectivity index (χ0v) is 13.2. The number of anilines is 2. The van der Waals surface area contributed by atoms with E-state index in [4.69, 9.17) is 0 Å². The number of hydrogen-bond donors (Lipinski definition) is 2. The molecular formula is C14H20N4O2S. The van der Waals surface area contributed by atoms with Crippen LogP contribution in [0.4, 0.5) is 11.4 Å². The van der Waals surface area contributed by atoms with Gasteiger partial charge in [0.15, 0.2) is 0 Å². The second-order valence-electron chi connectivity index (χ2n) is 4.95. The van der Waals surface area contributed by atoms with Gasteiger partial charge in [-0.2, -0.15) is 5.10 Å². The van der Waals surface area contributed by atoms with Crippen LogP contribution in [0.25, 0.3) is 0 Å². The lowest BCUT2D eigenvalue weighted by molar-refractivity contribution is 0.607. The summed E-state index contributed by atoms with van der Waals surface area (Å²) in [5.41, 5.74) is 2.47. The van der Waals surface area contributed by atoms with E-state index in [-0.39, 0.29) is 6.04 Å². The van der Waals surface area contributed by atoms with Gasteiger partial charge in [0.05, 0.1) is 24.2 Å². The van der Waals surface area contributed by atoms with Gasteiger partial charge in [0.2, 0.25) is 10.0 Å². The van der Waals surface area contributed by atoms with Gasteiger partial charge in [0.25, 0.3) is 0 Å². The molecule has 0 spiro atoms. The van der Waals surface area contributed by atoms with E-state index in [9.17, 15) is 8.42 Å². The molecule has 21 heavy (non-hydrogen) atoms. The number of nitrogens with zero attached hydrogens (tertiary/aromatic N) is 2. The first-order chi connectivity index (χ1) is 9.87. The maximum absolute atomic E-state index is 11.2. The highest BCUT2D eigenvalue weighted by molar-refractivity contribution is 7.92. The van der Waals surface area contributed by atoms with Gasteiger partial charge in [-0.15, -0.1) is 0 Å². The molecule has 6 nitrogen and oxygen atoms in total. The highest BCUT2D eigenvalue weighted by atomic mass is 32.2. The van der Waals surface area contributed by atoms with Crippen molar-refractivity contribution in [1.29, 1.82) is 0 Å². The molecular weight excluding hydrogens is 288 g/mol. The molecule has 2 N–H and O–H groups in total. The van der Waals surface area contributed by atoms with Gasteiger partial charge in [0.1, 0.15) is 0 Å². The Hall–Kier alpha value is -2.02. The summed E-state index contributed by atoms with van der Waals surface area (Å²) in [7, 11) is -3.27. The van der Waals surface area contributed by atoms with Crippen molar-refractivity contribution in [2.75, 3.05) is 16.3 Å². The molecule has 1 unspecified atom stereocenters. The van der Waals surface area contributed by atoms with Crippen LogP contribution in [-0.2, 0) is 16.6 Å². The van der Waals surface area contributed by atoms with E-state index < -0.39 is 10.0 Å². The van der Waals surface area contributed by atoms with Crippen molar-refractivity contribution in [3.8, 4) is 0 Å². The van der Waals surface area contributed by atoms with E-state index in [1.54, 1.807) is 18.2 Å². The van der Waals surface area contributed by atoms with Crippen LogP contribution in [0.3, 0.4) is 0 Å². The number of rotatable bonds is 6. The Bertz CT molecular complexity index is 709. The minimum Gasteiger partial charge on any atom is -0.378 e. The van der Waals surface area contributed by atoms with Crippen LogP contribution < -0.4 is 10.0 Å². The average Bonchev–Trinajstić information content (AvgIpc) is 2.85. The Kier molecular flexibility index (Phi) is 4.52. The van der Waals surface area contributed by atoms with Crippen molar-refractivity contribution in [3.63, 3.8) is 0 Å². The molecule has 1 atom stereocenters. The molecule has 2 rings (SSSR count). The summed E-state index contributed by atoms with van der Waals surface area (Å²) < 4.78 is 26.8. The van der Waals surface area contributed by atoms with Crippen molar-refractivity contribution in [1.82, 2.24) is 9.78 Å². The second-order valence-corrected chi connectivity index (χ2v) is 6.70. The van der Waals surface area contributed by atoms with Crippen LogP contribution in [0, 0.1) is 0 Å². The minimum absolute atomic E-state index is 0.0822. The Morgan fingerprint density at radius 3 is 2.67 bits per heavy atom. The first-order valence-corrected chi connectivity index (χ1v) is 8.63. The van der Waals surface area contributed by atoms with Crippen molar-refractivity contribution in [2.24, 2.45) is 0 Å². The average molecular weight is 308 g/mol. The van der Waals surface area contributed by atoms with Crippen molar-refractivity contribution in [2.45, 2.75) is 26.4 Å². The third-order valence-corrected chi connectivity index (χ3v) is 3.63. The molecule has 1 aromatic carbocycles. The van der Waals surface area contributed by atoms with Crippen LogP contribution in [0.5, 0.6) is 0 Å². The highest BCUT2D eigenvalue weighted by Crippen LogP contribution is 2.21. The summed E-state index contributed by atoms with van der Waals surface area (Å²) in [4.78, 5) is 0. The molecule has 0 saturated heterocycles. The SMILES string of the molecule is CCn1cc(C(C)Nc2cccc(NS(C)(=O)=O)c2)cn1. The minimum atomic E-state index is -3.27. The summed E-state index contributed by atoms with van der Waals surface area (Å²) in [5.74, 6) is 0. The standard InChI is InChI=1S/C14H20N4O2S/c1-4-18-10-12(9-15-18)11(2)16-13-6-5-7-14(8-13)17-21(3,19)20/h5-11,16-17H,4H2,1-3H3. The molecule has 0 fully saturated rings. The van der Waals surface area contributed by atoms with Crippen molar-refractivity contribution < 1.29 is 8.42 Å². The fourth-order valence-electron chi connectivity index (χ4n) is 2.00. The van der Waals surface area contributed by atoms with E-state index in [1.165, 1.54) is 0 Å². The van der Waals surface area contributed by atoms with Gasteiger partial charge >= 0.3 is 0 Å². The number of hydrogen-bond acceptors (Lipinski definition) is 4. The predicted octanol–water partition coefficient (Wildman–Crippen LogP) is 2.45. The first-order valence-electron chi connectivity index (χ1n) is 6.74. The third-order valence-electron chi connectivity index (χ3n) is 3.03. The summed E-state index contributed by atoms with van der Waals surface area (Å²) >= 11 is 0. The Balaban J connectivity index is 2.10. The summed E-state index contributed by atoms with van der Waals surface area (Å²) in [6, 6.07) is 7.26. The van der Waals surface area contributed by atoms with E-state index in [0.29, 0.717) is 5.69 Å². The van der Waals surface area contributed by atoms with Gasteiger partial charge in [-0.05, 0) is 32.0 Å². The Labute approximate surface area is 125 Å². The molecule has 0 aliphatic rings. The fourth-order valence-corrected chi connectivity index (χ4v) is 2.55. The number of sulfonamides is 1. The summed E-state index contributed by atoms with van der Waals surface area (Å²) in [6.07, 6.45) is 4.96. The maximum Gasteiger partial charge on any atom is 0.229 e. The van der Waals surface area contributed by atoms with Crippen LogP contribution in [-0.4, -0.2) is 24.5 Å². The van der Waals surface area contributed by atoms with Crippen LogP contribution in [0.1, 0.15) is 25.5 Å². The van der Waals surface area contributed by atoms with Crippen LogP contribution >= 0.6 is 0 Å². The smallest absolute Gasteiger partial charge is 0.229 e. The third kappa shape index (κ3) is 4.49.